The Morgan fingerprint density at radius 3 is 2.26 bits per heavy atom. The summed E-state index contributed by atoms with van der Waals surface area (Å²) in [5.74, 6) is -0.0115. The Bertz CT molecular complexity index is 956. The van der Waals surface area contributed by atoms with Gasteiger partial charge in [-0.1, -0.05) is 48.5 Å². The summed E-state index contributed by atoms with van der Waals surface area (Å²) in [6.45, 7) is 6.53. The minimum atomic E-state index is -0.0115. The van der Waals surface area contributed by atoms with Gasteiger partial charge in [-0.15, -0.1) is 0 Å². The van der Waals surface area contributed by atoms with Crippen LogP contribution >= 0.6 is 0 Å². The summed E-state index contributed by atoms with van der Waals surface area (Å²) in [7, 11) is 1.83. The van der Waals surface area contributed by atoms with Crippen molar-refractivity contribution in [2.24, 2.45) is 0 Å². The summed E-state index contributed by atoms with van der Waals surface area (Å²) < 4.78 is 1.94. The van der Waals surface area contributed by atoms with E-state index in [4.69, 9.17) is 0 Å². The second-order valence-corrected chi connectivity index (χ2v) is 6.78. The molecule has 1 amide bonds. The Balaban J connectivity index is 1.79. The molecule has 0 N–H and O–H groups in total. The molecule has 0 radical (unpaired) electrons. The van der Waals surface area contributed by atoms with E-state index in [1.807, 2.05) is 93.2 Å². The van der Waals surface area contributed by atoms with E-state index < -0.39 is 0 Å². The fourth-order valence-electron chi connectivity index (χ4n) is 3.12. The summed E-state index contributed by atoms with van der Waals surface area (Å²) in [6.07, 6.45) is 1.70. The van der Waals surface area contributed by atoms with Crippen molar-refractivity contribution in [2.45, 2.75) is 27.3 Å². The lowest BCUT2D eigenvalue weighted by atomic mass is 10.1. The molecule has 4 nitrogen and oxygen atoms in total. The summed E-state index contributed by atoms with van der Waals surface area (Å²) in [5, 5.41) is 4.66. The van der Waals surface area contributed by atoms with Crippen molar-refractivity contribution in [1.29, 1.82) is 0 Å². The zero-order chi connectivity index (χ0) is 19.4. The second-order valence-electron chi connectivity index (χ2n) is 6.78. The van der Waals surface area contributed by atoms with E-state index in [1.54, 1.807) is 11.0 Å². The minimum absolute atomic E-state index is 0.0115. The first kappa shape index (κ1) is 18.6. The third-order valence-electron chi connectivity index (χ3n) is 4.78. The Labute approximate surface area is 160 Å². The number of benzene rings is 2. The van der Waals surface area contributed by atoms with Crippen LogP contribution in [-0.4, -0.2) is 27.6 Å². The molecule has 0 atom stereocenters. The Kier molecular flexibility index (Phi) is 5.55. The van der Waals surface area contributed by atoms with Gasteiger partial charge in [-0.05, 0) is 44.0 Å². The number of carbonyl (C=O) groups excluding carboxylic acids is 1. The third-order valence-corrected chi connectivity index (χ3v) is 4.78. The number of likely N-dealkylation sites (N-methyl/N-ethyl adjacent to an activating group) is 1. The molecule has 1 heterocycles. The molecule has 3 rings (SSSR count). The number of hydrogen-bond donors (Lipinski definition) is 0. The molecule has 0 aliphatic rings. The fourth-order valence-corrected chi connectivity index (χ4v) is 3.12. The monoisotopic (exact) mass is 359 g/mol. The van der Waals surface area contributed by atoms with Crippen molar-refractivity contribution < 1.29 is 4.79 Å². The summed E-state index contributed by atoms with van der Waals surface area (Å²) in [6, 6.07) is 20.0. The summed E-state index contributed by atoms with van der Waals surface area (Å²) in [4.78, 5) is 14.4. The number of aryl methyl sites for hydroxylation is 1. The smallest absolute Gasteiger partial charge is 0.246 e. The van der Waals surface area contributed by atoms with Gasteiger partial charge in [-0.3, -0.25) is 4.79 Å². The minimum Gasteiger partial charge on any atom is -0.338 e. The molecule has 0 saturated carbocycles. The molecule has 1 aromatic heterocycles. The maximum atomic E-state index is 12.7. The Morgan fingerprint density at radius 2 is 1.63 bits per heavy atom. The predicted molar refractivity (Wildman–Crippen MR) is 110 cm³/mol. The molecule has 2 aromatic carbocycles. The zero-order valence-electron chi connectivity index (χ0n) is 16.3. The molecule has 0 bridgehead atoms. The summed E-state index contributed by atoms with van der Waals surface area (Å²) >= 11 is 0. The topological polar surface area (TPSA) is 38.1 Å². The molecular weight excluding hydrogens is 334 g/mol. The van der Waals surface area contributed by atoms with E-state index in [0.717, 1.165) is 33.8 Å². The van der Waals surface area contributed by atoms with Gasteiger partial charge in [0.05, 0.1) is 11.4 Å². The molecule has 0 spiro atoms. The van der Waals surface area contributed by atoms with Gasteiger partial charge in [-0.25, -0.2) is 4.68 Å². The zero-order valence-corrected chi connectivity index (χ0v) is 16.3. The van der Waals surface area contributed by atoms with Crippen molar-refractivity contribution in [3.8, 4) is 5.69 Å². The Hall–Kier alpha value is -3.14. The maximum Gasteiger partial charge on any atom is 0.246 e. The van der Waals surface area contributed by atoms with Gasteiger partial charge in [0, 0.05) is 30.9 Å². The number of hydrogen-bond acceptors (Lipinski definition) is 2. The van der Waals surface area contributed by atoms with E-state index in [9.17, 15) is 4.79 Å². The van der Waals surface area contributed by atoms with E-state index >= 15 is 0 Å². The van der Waals surface area contributed by atoms with E-state index in [-0.39, 0.29) is 5.91 Å². The van der Waals surface area contributed by atoms with Crippen LogP contribution in [0.3, 0.4) is 0 Å². The van der Waals surface area contributed by atoms with Gasteiger partial charge in [-0.2, -0.15) is 5.10 Å². The molecule has 27 heavy (non-hydrogen) atoms. The first-order chi connectivity index (χ1) is 13.0. The number of allylic oxidation sites excluding steroid dienone is 1. The van der Waals surface area contributed by atoms with Crippen LogP contribution in [0.1, 0.15) is 29.4 Å². The average molecular weight is 359 g/mol. The molecule has 0 aliphatic carbocycles. The number of rotatable bonds is 5. The quantitative estimate of drug-likeness (QED) is 0.627. The van der Waals surface area contributed by atoms with Gasteiger partial charge in [0.1, 0.15) is 0 Å². The van der Waals surface area contributed by atoms with Gasteiger partial charge < -0.3 is 4.90 Å². The van der Waals surface area contributed by atoms with Crippen molar-refractivity contribution >= 4 is 11.5 Å². The van der Waals surface area contributed by atoms with E-state index in [1.165, 1.54) is 0 Å². The van der Waals surface area contributed by atoms with Crippen molar-refractivity contribution in [2.75, 3.05) is 7.05 Å². The van der Waals surface area contributed by atoms with Crippen LogP contribution < -0.4 is 0 Å². The second kappa shape index (κ2) is 8.04. The van der Waals surface area contributed by atoms with Crippen molar-refractivity contribution in [3.63, 3.8) is 0 Å². The third kappa shape index (κ3) is 4.17. The number of carbonyl (C=O) groups is 1. The van der Waals surface area contributed by atoms with Crippen LogP contribution in [0.2, 0.25) is 0 Å². The SMILES string of the molecule is C/C(=C\C(=O)N(C)Cc1c(C)nn(-c2ccccc2)c1C)c1ccccc1. The number of nitrogens with zero attached hydrogens (tertiary/aromatic N) is 3. The average Bonchev–Trinajstić information content (AvgIpc) is 2.97. The highest BCUT2D eigenvalue weighted by molar-refractivity contribution is 5.94. The molecule has 4 heteroatoms. The standard InChI is InChI=1S/C23H25N3O/c1-17(20-11-7-5-8-12-20)15-23(27)25(4)16-22-18(2)24-26(19(22)3)21-13-9-6-10-14-21/h5-15H,16H2,1-4H3/b17-15+. The molecule has 0 saturated heterocycles. The fraction of sp³-hybridized carbons (Fsp3) is 0.217. The molecule has 3 aromatic rings. The van der Waals surface area contributed by atoms with Gasteiger partial charge in [0.15, 0.2) is 0 Å². The predicted octanol–water partition coefficient (Wildman–Crippen LogP) is 4.55. The Morgan fingerprint density at radius 1 is 1.04 bits per heavy atom. The lowest BCUT2D eigenvalue weighted by molar-refractivity contribution is -0.125. The van der Waals surface area contributed by atoms with Crippen LogP contribution in [0, 0.1) is 13.8 Å². The first-order valence-electron chi connectivity index (χ1n) is 9.06. The van der Waals surface area contributed by atoms with E-state index in [2.05, 4.69) is 5.10 Å². The highest BCUT2D eigenvalue weighted by Gasteiger charge is 2.16. The van der Waals surface area contributed by atoms with Gasteiger partial charge in [0.2, 0.25) is 5.91 Å². The van der Waals surface area contributed by atoms with Crippen LogP contribution in [0.5, 0.6) is 0 Å². The number of amides is 1. The molecule has 0 unspecified atom stereocenters. The maximum absolute atomic E-state index is 12.7. The van der Waals surface area contributed by atoms with Crippen LogP contribution in [-0.2, 0) is 11.3 Å². The van der Waals surface area contributed by atoms with Crippen LogP contribution in [0.15, 0.2) is 66.7 Å². The van der Waals surface area contributed by atoms with Crippen LogP contribution in [0.25, 0.3) is 11.3 Å². The van der Waals surface area contributed by atoms with Gasteiger partial charge in [0.25, 0.3) is 0 Å². The van der Waals surface area contributed by atoms with Crippen molar-refractivity contribution in [3.05, 3.63) is 89.3 Å². The molecule has 0 fully saturated rings. The highest BCUT2D eigenvalue weighted by Crippen LogP contribution is 2.20. The number of aromatic nitrogens is 2. The summed E-state index contributed by atoms with van der Waals surface area (Å²) in [5.41, 5.74) is 6.13. The highest BCUT2D eigenvalue weighted by atomic mass is 16.2. The first-order valence-corrected chi connectivity index (χ1v) is 9.06. The largest absolute Gasteiger partial charge is 0.338 e. The lowest BCUT2D eigenvalue weighted by Crippen LogP contribution is -2.25. The van der Waals surface area contributed by atoms with Crippen LogP contribution in [0.4, 0.5) is 0 Å². The van der Waals surface area contributed by atoms with Crippen molar-refractivity contribution in [1.82, 2.24) is 14.7 Å². The van der Waals surface area contributed by atoms with Gasteiger partial charge >= 0.3 is 0 Å². The molecular formula is C23H25N3O. The normalized spacial score (nSPS) is 11.5. The molecule has 138 valence electrons. The van der Waals surface area contributed by atoms with E-state index in [0.29, 0.717) is 6.54 Å². The molecule has 0 aliphatic heterocycles. The lowest BCUT2D eigenvalue weighted by Gasteiger charge is -2.16. The number of para-hydroxylation sites is 1.